The van der Waals surface area contributed by atoms with Crippen molar-refractivity contribution in [1.29, 1.82) is 0 Å². The number of benzene rings is 1. The van der Waals surface area contributed by atoms with Gasteiger partial charge in [0.2, 0.25) is 0 Å². The van der Waals surface area contributed by atoms with Gasteiger partial charge in [-0.25, -0.2) is 0 Å². The molecular weight excluding hydrogens is 258 g/mol. The van der Waals surface area contributed by atoms with Crippen LogP contribution in [0.4, 0.5) is 17.1 Å². The molecule has 0 aromatic heterocycles. The van der Waals surface area contributed by atoms with Crippen molar-refractivity contribution < 1.29 is 10.0 Å². The monoisotopic (exact) mass is 279 g/mol. The van der Waals surface area contributed by atoms with Crippen LogP contribution in [0.15, 0.2) is 18.2 Å². The molecular formula is C14H21N3O3. The quantitative estimate of drug-likeness (QED) is 0.569. The second-order valence-corrected chi connectivity index (χ2v) is 5.27. The summed E-state index contributed by atoms with van der Waals surface area (Å²) < 4.78 is 0. The molecule has 6 heteroatoms. The standard InChI is InChI=1S/C14H21N3O3/c1-15-11-6-12(8-13(7-11)17(19)20)16-9-10-4-2-3-5-14(10)18/h6-8,10,14-16,18H,2-5,9H2,1H3. The maximum Gasteiger partial charge on any atom is 0.273 e. The molecule has 1 aliphatic carbocycles. The van der Waals surface area contributed by atoms with Crippen LogP contribution in [0.1, 0.15) is 25.7 Å². The third-order valence-corrected chi connectivity index (χ3v) is 3.85. The van der Waals surface area contributed by atoms with Crippen LogP contribution < -0.4 is 10.6 Å². The summed E-state index contributed by atoms with van der Waals surface area (Å²) in [6.45, 7) is 0.644. The van der Waals surface area contributed by atoms with Crippen LogP contribution in [0.25, 0.3) is 0 Å². The number of aliphatic hydroxyl groups excluding tert-OH is 1. The first-order valence-corrected chi connectivity index (χ1v) is 6.99. The Kier molecular flexibility index (Phi) is 4.79. The molecule has 1 aromatic rings. The Labute approximate surface area is 118 Å². The van der Waals surface area contributed by atoms with E-state index in [0.717, 1.165) is 25.7 Å². The summed E-state index contributed by atoms with van der Waals surface area (Å²) >= 11 is 0. The molecule has 2 rings (SSSR count). The zero-order valence-corrected chi connectivity index (χ0v) is 11.6. The Morgan fingerprint density at radius 2 is 2.00 bits per heavy atom. The van der Waals surface area contributed by atoms with Gasteiger partial charge in [0.05, 0.1) is 11.0 Å². The lowest BCUT2D eigenvalue weighted by atomic mass is 9.86. The topological polar surface area (TPSA) is 87.4 Å². The van der Waals surface area contributed by atoms with Gasteiger partial charge < -0.3 is 15.7 Å². The van der Waals surface area contributed by atoms with E-state index >= 15 is 0 Å². The first-order chi connectivity index (χ1) is 9.60. The second kappa shape index (κ2) is 6.56. The van der Waals surface area contributed by atoms with Gasteiger partial charge in [0, 0.05) is 43.0 Å². The number of nitro groups is 1. The van der Waals surface area contributed by atoms with Gasteiger partial charge >= 0.3 is 0 Å². The minimum atomic E-state index is -0.401. The molecule has 3 N–H and O–H groups in total. The molecule has 110 valence electrons. The molecule has 1 aliphatic rings. The largest absolute Gasteiger partial charge is 0.393 e. The van der Waals surface area contributed by atoms with Crippen molar-refractivity contribution in [3.8, 4) is 0 Å². The molecule has 0 bridgehead atoms. The molecule has 1 saturated carbocycles. The third-order valence-electron chi connectivity index (χ3n) is 3.85. The van der Waals surface area contributed by atoms with Crippen LogP contribution in [0.2, 0.25) is 0 Å². The number of nitro benzene ring substituents is 1. The van der Waals surface area contributed by atoms with Crippen molar-refractivity contribution in [2.45, 2.75) is 31.8 Å². The third kappa shape index (κ3) is 3.60. The number of anilines is 2. The average Bonchev–Trinajstić information content (AvgIpc) is 2.46. The lowest BCUT2D eigenvalue weighted by Gasteiger charge is -2.28. The molecule has 0 aliphatic heterocycles. The fourth-order valence-electron chi connectivity index (χ4n) is 2.64. The van der Waals surface area contributed by atoms with Gasteiger partial charge in [-0.2, -0.15) is 0 Å². The zero-order chi connectivity index (χ0) is 14.5. The highest BCUT2D eigenvalue weighted by atomic mass is 16.6. The van der Waals surface area contributed by atoms with Crippen molar-refractivity contribution in [3.63, 3.8) is 0 Å². The van der Waals surface area contributed by atoms with Crippen LogP contribution >= 0.6 is 0 Å². The van der Waals surface area contributed by atoms with Crippen molar-refractivity contribution in [1.82, 2.24) is 0 Å². The molecule has 0 spiro atoms. The molecule has 2 unspecified atom stereocenters. The van der Waals surface area contributed by atoms with E-state index < -0.39 is 4.92 Å². The first-order valence-electron chi connectivity index (χ1n) is 6.99. The van der Waals surface area contributed by atoms with Crippen LogP contribution in [-0.4, -0.2) is 29.7 Å². The van der Waals surface area contributed by atoms with E-state index in [2.05, 4.69) is 10.6 Å². The molecule has 0 saturated heterocycles. The first kappa shape index (κ1) is 14.6. The zero-order valence-electron chi connectivity index (χ0n) is 11.6. The van der Waals surface area contributed by atoms with Crippen LogP contribution in [0.5, 0.6) is 0 Å². The van der Waals surface area contributed by atoms with Crippen LogP contribution in [0, 0.1) is 16.0 Å². The number of non-ortho nitro benzene ring substituents is 1. The number of aliphatic hydroxyl groups is 1. The molecule has 1 aromatic carbocycles. The van der Waals surface area contributed by atoms with Crippen LogP contribution in [-0.2, 0) is 0 Å². The SMILES string of the molecule is CNc1cc(NCC2CCCCC2O)cc([N+](=O)[O-])c1. The highest BCUT2D eigenvalue weighted by molar-refractivity contribution is 5.63. The predicted molar refractivity (Wildman–Crippen MR) is 79.1 cm³/mol. The van der Waals surface area contributed by atoms with Crippen LogP contribution in [0.3, 0.4) is 0 Å². The second-order valence-electron chi connectivity index (χ2n) is 5.27. The summed E-state index contributed by atoms with van der Waals surface area (Å²) in [4.78, 5) is 10.5. The average molecular weight is 279 g/mol. The lowest BCUT2D eigenvalue weighted by molar-refractivity contribution is -0.384. The summed E-state index contributed by atoms with van der Waals surface area (Å²) in [6, 6.07) is 4.86. The predicted octanol–water partition coefficient (Wildman–Crippen LogP) is 2.60. The highest BCUT2D eigenvalue weighted by Crippen LogP contribution is 2.27. The van der Waals surface area contributed by atoms with Gasteiger partial charge in [0.1, 0.15) is 0 Å². The van der Waals surface area contributed by atoms with Gasteiger partial charge in [0.15, 0.2) is 0 Å². The summed E-state index contributed by atoms with van der Waals surface area (Å²) in [5, 5.41) is 26.9. The van der Waals surface area contributed by atoms with E-state index in [0.29, 0.717) is 17.9 Å². The Morgan fingerprint density at radius 3 is 2.65 bits per heavy atom. The maximum absolute atomic E-state index is 10.9. The fraction of sp³-hybridized carbons (Fsp3) is 0.571. The van der Waals surface area contributed by atoms with E-state index in [-0.39, 0.29) is 17.7 Å². The van der Waals surface area contributed by atoms with Gasteiger partial charge in [0.25, 0.3) is 5.69 Å². The van der Waals surface area contributed by atoms with E-state index in [9.17, 15) is 15.2 Å². The molecule has 6 nitrogen and oxygen atoms in total. The minimum absolute atomic E-state index is 0.0588. The molecule has 0 amide bonds. The van der Waals surface area contributed by atoms with Gasteiger partial charge in [-0.15, -0.1) is 0 Å². The van der Waals surface area contributed by atoms with Crippen molar-refractivity contribution in [2.24, 2.45) is 5.92 Å². The molecule has 2 atom stereocenters. The molecule has 0 radical (unpaired) electrons. The van der Waals surface area contributed by atoms with Gasteiger partial charge in [-0.05, 0) is 18.9 Å². The lowest BCUT2D eigenvalue weighted by Crippen LogP contribution is -2.30. The van der Waals surface area contributed by atoms with Crippen molar-refractivity contribution in [3.05, 3.63) is 28.3 Å². The molecule has 20 heavy (non-hydrogen) atoms. The Morgan fingerprint density at radius 1 is 1.30 bits per heavy atom. The van der Waals surface area contributed by atoms with Gasteiger partial charge in [-0.3, -0.25) is 10.1 Å². The number of hydrogen-bond donors (Lipinski definition) is 3. The van der Waals surface area contributed by atoms with E-state index in [1.807, 2.05) is 6.07 Å². The summed E-state index contributed by atoms with van der Waals surface area (Å²) in [5.41, 5.74) is 1.47. The molecule has 1 fully saturated rings. The fourth-order valence-corrected chi connectivity index (χ4v) is 2.64. The Bertz CT molecular complexity index is 479. The summed E-state index contributed by atoms with van der Waals surface area (Å²) in [5.74, 6) is 0.223. The van der Waals surface area contributed by atoms with Crippen molar-refractivity contribution in [2.75, 3.05) is 24.2 Å². The van der Waals surface area contributed by atoms with E-state index in [1.165, 1.54) is 12.1 Å². The summed E-state index contributed by atoms with van der Waals surface area (Å²) in [7, 11) is 1.73. The Hall–Kier alpha value is -1.82. The normalized spacial score (nSPS) is 22.3. The number of rotatable bonds is 5. The van der Waals surface area contributed by atoms with E-state index in [4.69, 9.17) is 0 Å². The number of nitrogens with one attached hydrogen (secondary N) is 2. The summed E-state index contributed by atoms with van der Waals surface area (Å²) in [6.07, 6.45) is 3.81. The minimum Gasteiger partial charge on any atom is -0.393 e. The van der Waals surface area contributed by atoms with E-state index in [1.54, 1.807) is 7.05 Å². The highest BCUT2D eigenvalue weighted by Gasteiger charge is 2.22. The number of nitrogens with zero attached hydrogens (tertiary/aromatic N) is 1. The van der Waals surface area contributed by atoms with Gasteiger partial charge in [-0.1, -0.05) is 12.8 Å². The number of hydrogen-bond acceptors (Lipinski definition) is 5. The Balaban J connectivity index is 2.04. The smallest absolute Gasteiger partial charge is 0.273 e. The maximum atomic E-state index is 10.9. The molecule has 0 heterocycles. The van der Waals surface area contributed by atoms with Crippen molar-refractivity contribution >= 4 is 17.1 Å².